The molecular formula is C23H24N4O3S. The van der Waals surface area contributed by atoms with Crippen LogP contribution in [0.2, 0.25) is 0 Å². The van der Waals surface area contributed by atoms with Gasteiger partial charge in [-0.05, 0) is 23.8 Å². The van der Waals surface area contributed by atoms with E-state index in [1.165, 1.54) is 16.2 Å². The number of carbonyl (C=O) groups is 3. The number of allylic oxidation sites excluding steroid dienone is 2. The van der Waals surface area contributed by atoms with Crippen molar-refractivity contribution in [2.24, 2.45) is 23.7 Å². The van der Waals surface area contributed by atoms with Gasteiger partial charge in [0.15, 0.2) is 0 Å². The van der Waals surface area contributed by atoms with Crippen molar-refractivity contribution in [3.8, 4) is 0 Å². The maximum atomic E-state index is 13.3. The fraction of sp³-hybridized carbons (Fsp3) is 0.435. The second-order valence-corrected chi connectivity index (χ2v) is 9.85. The number of carbonyl (C=O) groups excluding carboxylic acids is 3. The van der Waals surface area contributed by atoms with Crippen LogP contribution in [-0.4, -0.2) is 38.9 Å². The van der Waals surface area contributed by atoms with Crippen molar-refractivity contribution < 1.29 is 14.4 Å². The van der Waals surface area contributed by atoms with E-state index in [4.69, 9.17) is 0 Å². The molecule has 31 heavy (non-hydrogen) atoms. The maximum absolute atomic E-state index is 13.3. The van der Waals surface area contributed by atoms with Gasteiger partial charge in [-0.15, -0.1) is 10.2 Å². The largest absolute Gasteiger partial charge is 0.299 e. The monoisotopic (exact) mass is 436 g/mol. The first-order valence-corrected chi connectivity index (χ1v) is 11.5. The first-order valence-electron chi connectivity index (χ1n) is 10.7. The molecule has 2 fully saturated rings. The Morgan fingerprint density at radius 3 is 2.32 bits per heavy atom. The van der Waals surface area contributed by atoms with E-state index >= 15 is 0 Å². The predicted molar refractivity (Wildman–Crippen MR) is 116 cm³/mol. The number of likely N-dealkylation sites (tertiary alicyclic amines) is 1. The van der Waals surface area contributed by atoms with Gasteiger partial charge < -0.3 is 0 Å². The van der Waals surface area contributed by atoms with Crippen LogP contribution in [0.15, 0.2) is 42.5 Å². The van der Waals surface area contributed by atoms with Gasteiger partial charge in [0.05, 0.1) is 11.8 Å². The quantitative estimate of drug-likeness (QED) is 0.555. The van der Waals surface area contributed by atoms with Crippen molar-refractivity contribution >= 4 is 34.2 Å². The molecule has 0 spiro atoms. The molecule has 2 heterocycles. The molecule has 7 nitrogen and oxygen atoms in total. The van der Waals surface area contributed by atoms with E-state index in [0.717, 1.165) is 17.0 Å². The highest BCUT2D eigenvalue weighted by molar-refractivity contribution is 7.15. The molecule has 0 radical (unpaired) electrons. The summed E-state index contributed by atoms with van der Waals surface area (Å²) in [5.74, 6) is -1.09. The van der Waals surface area contributed by atoms with Crippen molar-refractivity contribution in [1.29, 1.82) is 0 Å². The Morgan fingerprint density at radius 1 is 1.10 bits per heavy atom. The number of fused-ring (bicyclic) bond motifs is 5. The summed E-state index contributed by atoms with van der Waals surface area (Å²) in [5.41, 5.74) is 0.890. The number of aromatic nitrogens is 2. The summed E-state index contributed by atoms with van der Waals surface area (Å²) < 4.78 is 0. The highest BCUT2D eigenvalue weighted by Gasteiger charge is 2.61. The highest BCUT2D eigenvalue weighted by Crippen LogP contribution is 2.53. The Balaban J connectivity index is 1.44. The molecule has 8 heteroatoms. The fourth-order valence-corrected chi connectivity index (χ4v) is 5.83. The molecule has 5 atom stereocenters. The molecule has 3 aliphatic rings. The summed E-state index contributed by atoms with van der Waals surface area (Å²) >= 11 is 1.31. The molecule has 2 bridgehead atoms. The summed E-state index contributed by atoms with van der Waals surface area (Å²) in [5, 5.41) is 12.2. The minimum absolute atomic E-state index is 0.105. The Bertz CT molecular complexity index is 1030. The van der Waals surface area contributed by atoms with Crippen LogP contribution in [0.5, 0.6) is 0 Å². The second-order valence-electron chi connectivity index (χ2n) is 8.84. The molecule has 0 unspecified atom stereocenters. The normalized spacial score (nSPS) is 27.3. The van der Waals surface area contributed by atoms with Crippen molar-refractivity contribution in [3.63, 3.8) is 0 Å². The second kappa shape index (κ2) is 7.67. The number of anilines is 1. The number of hydrogen-bond acceptors (Lipinski definition) is 6. The third-order valence-corrected chi connectivity index (χ3v) is 7.69. The lowest BCUT2D eigenvalue weighted by atomic mass is 9.85. The average Bonchev–Trinajstić information content (AvgIpc) is 3.52. The standard InChI is InChI=1S/C23H24N4O3S/c1-12(2)20-25-26-23(31-20)24-19(28)16(10-13-6-4-3-5-7-13)27-21(29)17-14-8-9-15(11-14)18(17)22(27)30/h3-9,12,14-18H,10-11H2,1-2H3,(H,24,26,28)/t14-,15-,16-,17-,18-/m0/s1. The maximum Gasteiger partial charge on any atom is 0.249 e. The summed E-state index contributed by atoms with van der Waals surface area (Å²) in [6.07, 6.45) is 5.24. The van der Waals surface area contributed by atoms with E-state index in [2.05, 4.69) is 27.7 Å². The summed E-state index contributed by atoms with van der Waals surface area (Å²) in [6, 6.07) is 8.55. The molecule has 3 amide bonds. The first kappa shape index (κ1) is 20.1. The zero-order valence-corrected chi connectivity index (χ0v) is 18.2. The number of nitrogens with zero attached hydrogens (tertiary/aromatic N) is 3. The molecule has 1 aliphatic heterocycles. The molecule has 2 aliphatic carbocycles. The van der Waals surface area contributed by atoms with Crippen LogP contribution in [0.3, 0.4) is 0 Å². The number of benzene rings is 1. The van der Waals surface area contributed by atoms with Gasteiger partial charge in [-0.1, -0.05) is 67.7 Å². The minimum Gasteiger partial charge on any atom is -0.299 e. The lowest BCUT2D eigenvalue weighted by Gasteiger charge is -2.26. The average molecular weight is 437 g/mol. The minimum atomic E-state index is -0.918. The third-order valence-electron chi connectivity index (χ3n) is 6.56. The van der Waals surface area contributed by atoms with E-state index in [1.54, 1.807) is 0 Å². The van der Waals surface area contributed by atoms with Crippen molar-refractivity contribution in [1.82, 2.24) is 15.1 Å². The zero-order valence-electron chi connectivity index (χ0n) is 17.4. The van der Waals surface area contributed by atoms with Crippen LogP contribution in [0.25, 0.3) is 0 Å². The Kier molecular flexibility index (Phi) is 4.97. The summed E-state index contributed by atoms with van der Waals surface area (Å²) in [7, 11) is 0. The van der Waals surface area contributed by atoms with Gasteiger partial charge in [0.2, 0.25) is 22.9 Å². The van der Waals surface area contributed by atoms with Gasteiger partial charge >= 0.3 is 0 Å². The third kappa shape index (κ3) is 3.39. The number of amides is 3. The smallest absolute Gasteiger partial charge is 0.249 e. The van der Waals surface area contributed by atoms with Gasteiger partial charge in [0, 0.05) is 12.3 Å². The molecule has 1 saturated heterocycles. The number of rotatable bonds is 6. The van der Waals surface area contributed by atoms with Crippen molar-refractivity contribution in [3.05, 3.63) is 53.1 Å². The summed E-state index contributed by atoms with van der Waals surface area (Å²) in [6.45, 7) is 4.01. The van der Waals surface area contributed by atoms with Gasteiger partial charge in [0.1, 0.15) is 11.0 Å². The predicted octanol–water partition coefficient (Wildman–Crippen LogP) is 3.02. The van der Waals surface area contributed by atoms with Crippen LogP contribution in [-0.2, 0) is 20.8 Å². The number of nitrogens with one attached hydrogen (secondary N) is 1. The van der Waals surface area contributed by atoms with Gasteiger partial charge in [-0.3, -0.25) is 24.6 Å². The molecular weight excluding hydrogens is 412 g/mol. The van der Waals surface area contributed by atoms with E-state index in [9.17, 15) is 14.4 Å². The Hall–Kier alpha value is -2.87. The lowest BCUT2D eigenvalue weighted by Crippen LogP contribution is -2.49. The molecule has 1 aromatic carbocycles. The first-order chi connectivity index (χ1) is 14.9. The van der Waals surface area contributed by atoms with Crippen LogP contribution >= 0.6 is 11.3 Å². The Labute approximate surface area is 184 Å². The van der Waals surface area contributed by atoms with Crippen molar-refractivity contribution in [2.45, 2.75) is 38.6 Å². The van der Waals surface area contributed by atoms with Crippen LogP contribution in [0.1, 0.15) is 36.8 Å². The summed E-state index contributed by atoms with van der Waals surface area (Å²) in [4.78, 5) is 41.2. The molecule has 2 aromatic rings. The van der Waals surface area contributed by atoms with Crippen LogP contribution in [0.4, 0.5) is 5.13 Å². The van der Waals surface area contributed by atoms with Gasteiger partial charge in [-0.2, -0.15) is 0 Å². The van der Waals surface area contributed by atoms with Gasteiger partial charge in [0.25, 0.3) is 0 Å². The molecule has 1 aromatic heterocycles. The van der Waals surface area contributed by atoms with E-state index < -0.39 is 11.9 Å². The van der Waals surface area contributed by atoms with Crippen molar-refractivity contribution in [2.75, 3.05) is 5.32 Å². The highest BCUT2D eigenvalue weighted by atomic mass is 32.1. The number of imide groups is 1. The lowest BCUT2D eigenvalue weighted by molar-refractivity contribution is -0.147. The van der Waals surface area contributed by atoms with E-state index in [1.807, 2.05) is 44.2 Å². The zero-order chi connectivity index (χ0) is 21.7. The molecule has 160 valence electrons. The Morgan fingerprint density at radius 2 is 1.74 bits per heavy atom. The fourth-order valence-electron chi connectivity index (χ4n) is 5.08. The molecule has 5 rings (SSSR count). The molecule has 1 saturated carbocycles. The van der Waals surface area contributed by atoms with Crippen LogP contribution in [0, 0.1) is 23.7 Å². The van der Waals surface area contributed by atoms with E-state index in [0.29, 0.717) is 5.13 Å². The van der Waals surface area contributed by atoms with E-state index in [-0.39, 0.29) is 47.8 Å². The van der Waals surface area contributed by atoms with Crippen LogP contribution < -0.4 is 5.32 Å². The van der Waals surface area contributed by atoms with Gasteiger partial charge in [-0.25, -0.2) is 0 Å². The number of hydrogen-bond donors (Lipinski definition) is 1. The molecule has 1 N–H and O–H groups in total. The SMILES string of the molecule is CC(C)c1nnc(NC(=O)[C@H](Cc2ccccc2)N2C(=O)[C@@H]3[C@@H](C2=O)[C@H]2C=C[C@H]3C2)s1. The topological polar surface area (TPSA) is 92.3 Å².